The molecule has 0 unspecified atom stereocenters. The maximum absolute atomic E-state index is 12.2. The van der Waals surface area contributed by atoms with Gasteiger partial charge in [0, 0.05) is 15.6 Å². The van der Waals surface area contributed by atoms with Crippen molar-refractivity contribution in [1.29, 1.82) is 0 Å². The molecule has 0 saturated carbocycles. The van der Waals surface area contributed by atoms with E-state index in [1.807, 2.05) is 0 Å². The number of nitrogens with one attached hydrogen (secondary N) is 1. The summed E-state index contributed by atoms with van der Waals surface area (Å²) in [4.78, 5) is 24.2. The number of ether oxygens (including phenoxy) is 1. The summed E-state index contributed by atoms with van der Waals surface area (Å²) in [5.74, 6) is -0.642. The highest BCUT2D eigenvalue weighted by atomic mass is 35.5. The van der Waals surface area contributed by atoms with E-state index in [0.29, 0.717) is 26.9 Å². The lowest BCUT2D eigenvalue weighted by Gasteiger charge is -2.06. The molecule has 3 aromatic carbocycles. The maximum Gasteiger partial charge on any atom is 0.345 e. The van der Waals surface area contributed by atoms with E-state index < -0.39 is 5.97 Å². The highest BCUT2D eigenvalue weighted by Gasteiger charge is 2.13. The van der Waals surface area contributed by atoms with Crippen LogP contribution in [-0.2, 0) is 0 Å². The highest BCUT2D eigenvalue weighted by Crippen LogP contribution is 2.23. The Balaban J connectivity index is 1.59. The molecule has 0 fully saturated rings. The predicted octanol–water partition coefficient (Wildman–Crippen LogP) is 5.63. The summed E-state index contributed by atoms with van der Waals surface area (Å²) >= 11 is 17.7. The number of carbonyl (C=O) groups is 2. The molecule has 146 valence electrons. The maximum atomic E-state index is 12.2. The molecule has 0 aliphatic carbocycles. The quantitative estimate of drug-likeness (QED) is 0.238. The minimum atomic E-state index is -0.595. The molecular weight excluding hydrogens is 435 g/mol. The van der Waals surface area contributed by atoms with E-state index in [2.05, 4.69) is 10.5 Å². The van der Waals surface area contributed by atoms with Gasteiger partial charge in [-0.1, -0.05) is 40.9 Å². The highest BCUT2D eigenvalue weighted by molar-refractivity contribution is 6.36. The largest absolute Gasteiger partial charge is 0.423 e. The standard InChI is InChI=1S/C21H13Cl3N2O3/c22-15-3-1-2-14(10-15)20(27)26-25-12-13-4-7-17(8-5-13)29-21(28)18-9-6-16(23)11-19(18)24/h1-12H,(H,26,27). The van der Waals surface area contributed by atoms with Gasteiger partial charge in [-0.25, -0.2) is 10.2 Å². The van der Waals surface area contributed by atoms with Gasteiger partial charge in [-0.2, -0.15) is 5.10 Å². The lowest BCUT2D eigenvalue weighted by atomic mass is 10.2. The monoisotopic (exact) mass is 446 g/mol. The summed E-state index contributed by atoms with van der Waals surface area (Å²) in [7, 11) is 0. The van der Waals surface area contributed by atoms with Gasteiger partial charge in [-0.3, -0.25) is 4.79 Å². The van der Waals surface area contributed by atoms with Gasteiger partial charge in [0.05, 0.1) is 16.8 Å². The van der Waals surface area contributed by atoms with Crippen LogP contribution in [0.1, 0.15) is 26.3 Å². The Kier molecular flexibility index (Phi) is 6.88. The molecule has 0 aliphatic rings. The Hall–Kier alpha value is -2.86. The van der Waals surface area contributed by atoms with Crippen LogP contribution in [0, 0.1) is 0 Å². The Labute approximate surface area is 181 Å². The smallest absolute Gasteiger partial charge is 0.345 e. The molecule has 29 heavy (non-hydrogen) atoms. The third-order valence-corrected chi connectivity index (χ3v) is 4.49. The minimum absolute atomic E-state index is 0.210. The van der Waals surface area contributed by atoms with Crippen molar-refractivity contribution in [2.75, 3.05) is 0 Å². The predicted molar refractivity (Wildman–Crippen MR) is 114 cm³/mol. The zero-order chi connectivity index (χ0) is 20.8. The van der Waals surface area contributed by atoms with Crippen molar-refractivity contribution >= 4 is 52.9 Å². The van der Waals surface area contributed by atoms with E-state index in [4.69, 9.17) is 39.5 Å². The first-order chi connectivity index (χ1) is 13.9. The average molecular weight is 448 g/mol. The molecule has 1 amide bonds. The van der Waals surface area contributed by atoms with E-state index in [0.717, 1.165) is 0 Å². The van der Waals surface area contributed by atoms with Crippen molar-refractivity contribution in [2.45, 2.75) is 0 Å². The molecule has 0 bridgehead atoms. The van der Waals surface area contributed by atoms with Crippen molar-refractivity contribution in [1.82, 2.24) is 5.43 Å². The van der Waals surface area contributed by atoms with E-state index in [9.17, 15) is 9.59 Å². The van der Waals surface area contributed by atoms with Crippen LogP contribution in [0.5, 0.6) is 5.75 Å². The number of hydrazone groups is 1. The molecule has 5 nitrogen and oxygen atoms in total. The number of rotatable bonds is 5. The number of nitrogens with zero attached hydrogens (tertiary/aromatic N) is 1. The fourth-order valence-electron chi connectivity index (χ4n) is 2.30. The molecule has 0 aliphatic heterocycles. The third kappa shape index (κ3) is 5.81. The molecule has 3 rings (SSSR count). The molecule has 1 N–H and O–H groups in total. The van der Waals surface area contributed by atoms with Crippen molar-refractivity contribution in [3.63, 3.8) is 0 Å². The van der Waals surface area contributed by atoms with Crippen LogP contribution in [-0.4, -0.2) is 18.1 Å². The van der Waals surface area contributed by atoms with E-state index in [1.165, 1.54) is 18.3 Å². The normalized spacial score (nSPS) is 10.7. The molecule has 0 saturated heterocycles. The van der Waals surface area contributed by atoms with Gasteiger partial charge in [0.1, 0.15) is 5.75 Å². The van der Waals surface area contributed by atoms with Gasteiger partial charge < -0.3 is 4.74 Å². The zero-order valence-corrected chi connectivity index (χ0v) is 17.0. The molecular formula is C21H13Cl3N2O3. The van der Waals surface area contributed by atoms with Crippen LogP contribution in [0.25, 0.3) is 0 Å². The number of hydrogen-bond donors (Lipinski definition) is 1. The number of amides is 1. The Morgan fingerprint density at radius 1 is 0.897 bits per heavy atom. The van der Waals surface area contributed by atoms with Crippen molar-refractivity contribution < 1.29 is 14.3 Å². The van der Waals surface area contributed by atoms with Crippen LogP contribution in [0.15, 0.2) is 71.8 Å². The van der Waals surface area contributed by atoms with Gasteiger partial charge in [0.2, 0.25) is 0 Å². The SMILES string of the molecule is O=C(NN=Cc1ccc(OC(=O)c2ccc(Cl)cc2Cl)cc1)c1cccc(Cl)c1. The first kappa shape index (κ1) is 20.9. The minimum Gasteiger partial charge on any atom is -0.423 e. The van der Waals surface area contributed by atoms with Crippen molar-refractivity contribution in [3.05, 3.63) is 98.5 Å². The molecule has 0 heterocycles. The summed E-state index contributed by atoms with van der Waals surface area (Å²) in [5.41, 5.74) is 3.72. The topological polar surface area (TPSA) is 67.8 Å². The number of esters is 1. The Bertz CT molecular complexity index is 1080. The average Bonchev–Trinajstić information content (AvgIpc) is 2.69. The van der Waals surface area contributed by atoms with Gasteiger partial charge in [0.25, 0.3) is 5.91 Å². The summed E-state index contributed by atoms with van der Waals surface area (Å²) in [6, 6.07) is 17.6. The number of halogens is 3. The number of hydrogen-bond acceptors (Lipinski definition) is 4. The molecule has 8 heteroatoms. The molecule has 0 atom stereocenters. The molecule has 0 aromatic heterocycles. The van der Waals surface area contributed by atoms with E-state index in [1.54, 1.807) is 54.6 Å². The van der Waals surface area contributed by atoms with Gasteiger partial charge in [0.15, 0.2) is 0 Å². The molecule has 0 radical (unpaired) electrons. The van der Waals surface area contributed by atoms with Crippen LogP contribution in [0.4, 0.5) is 0 Å². The summed E-state index contributed by atoms with van der Waals surface area (Å²) < 4.78 is 5.29. The Morgan fingerprint density at radius 2 is 1.62 bits per heavy atom. The molecule has 3 aromatic rings. The summed E-state index contributed by atoms with van der Waals surface area (Å²) in [6.07, 6.45) is 1.46. The van der Waals surface area contributed by atoms with Crippen LogP contribution in [0.2, 0.25) is 15.1 Å². The molecule has 0 spiro atoms. The van der Waals surface area contributed by atoms with Gasteiger partial charge in [-0.05, 0) is 66.2 Å². The second kappa shape index (κ2) is 9.56. The summed E-state index contributed by atoms with van der Waals surface area (Å²) in [6.45, 7) is 0. The second-order valence-electron chi connectivity index (χ2n) is 5.79. The van der Waals surface area contributed by atoms with Crippen molar-refractivity contribution in [3.8, 4) is 5.75 Å². The zero-order valence-electron chi connectivity index (χ0n) is 14.7. The lowest BCUT2D eigenvalue weighted by Crippen LogP contribution is -2.17. The fraction of sp³-hybridized carbons (Fsp3) is 0. The number of benzene rings is 3. The number of carbonyl (C=O) groups excluding carboxylic acids is 2. The Morgan fingerprint density at radius 3 is 2.31 bits per heavy atom. The lowest BCUT2D eigenvalue weighted by molar-refractivity contribution is 0.0734. The third-order valence-electron chi connectivity index (χ3n) is 3.71. The first-order valence-electron chi connectivity index (χ1n) is 8.28. The van der Waals surface area contributed by atoms with E-state index in [-0.39, 0.29) is 16.5 Å². The van der Waals surface area contributed by atoms with Crippen molar-refractivity contribution in [2.24, 2.45) is 5.10 Å². The second-order valence-corrected chi connectivity index (χ2v) is 7.07. The van der Waals surface area contributed by atoms with Crippen LogP contribution in [0.3, 0.4) is 0 Å². The van der Waals surface area contributed by atoms with Crippen LogP contribution < -0.4 is 10.2 Å². The van der Waals surface area contributed by atoms with Crippen LogP contribution >= 0.6 is 34.8 Å². The van der Waals surface area contributed by atoms with E-state index >= 15 is 0 Å². The van der Waals surface area contributed by atoms with Gasteiger partial charge >= 0.3 is 5.97 Å². The first-order valence-corrected chi connectivity index (χ1v) is 9.42. The fourth-order valence-corrected chi connectivity index (χ4v) is 2.97. The van der Waals surface area contributed by atoms with Gasteiger partial charge in [-0.15, -0.1) is 0 Å². The summed E-state index contributed by atoms with van der Waals surface area (Å²) in [5, 5.41) is 5.00.